The molecule has 1 fully saturated rings. The molecule has 0 spiro atoms. The van der Waals surface area contributed by atoms with Crippen LogP contribution in [0.1, 0.15) is 29.9 Å². The second-order valence-corrected chi connectivity index (χ2v) is 4.54. The monoisotopic (exact) mass is 225 g/mol. The number of halogens is 1. The van der Waals surface area contributed by atoms with Gasteiger partial charge < -0.3 is 10.4 Å². The molecule has 15 heavy (non-hydrogen) atoms. The van der Waals surface area contributed by atoms with E-state index < -0.39 is 0 Å². The molecule has 0 amide bonds. The smallest absolute Gasteiger partial charge is 0.137 e. The highest BCUT2D eigenvalue weighted by atomic mass is 35.5. The third kappa shape index (κ3) is 2.11. The van der Waals surface area contributed by atoms with Gasteiger partial charge in [0.25, 0.3) is 0 Å². The van der Waals surface area contributed by atoms with Gasteiger partial charge in [-0.1, -0.05) is 23.7 Å². The largest absolute Gasteiger partial charge is 0.506 e. The fourth-order valence-electron chi connectivity index (χ4n) is 2.12. The summed E-state index contributed by atoms with van der Waals surface area (Å²) in [5.41, 5.74) is 1.94. The van der Waals surface area contributed by atoms with E-state index in [2.05, 4.69) is 5.32 Å². The molecule has 0 unspecified atom stereocenters. The summed E-state index contributed by atoms with van der Waals surface area (Å²) in [7, 11) is 0. The number of piperidine rings is 1. The number of nitrogens with one attached hydrogen (secondary N) is 1. The van der Waals surface area contributed by atoms with Gasteiger partial charge in [0, 0.05) is 0 Å². The lowest BCUT2D eigenvalue weighted by Crippen LogP contribution is -2.26. The quantitative estimate of drug-likeness (QED) is 0.771. The number of phenolic OH excluding ortho intramolecular Hbond substituents is 1. The molecule has 1 aromatic rings. The van der Waals surface area contributed by atoms with Crippen molar-refractivity contribution in [2.45, 2.75) is 25.7 Å². The third-order valence-corrected chi connectivity index (χ3v) is 3.52. The molecule has 1 aliphatic heterocycles. The van der Waals surface area contributed by atoms with Crippen LogP contribution < -0.4 is 5.32 Å². The molecule has 0 bridgehead atoms. The molecule has 82 valence electrons. The Morgan fingerprint density at radius 2 is 2.00 bits per heavy atom. The molecule has 0 aliphatic carbocycles. The third-order valence-electron chi connectivity index (χ3n) is 3.13. The number of aromatic hydroxyl groups is 1. The fourth-order valence-corrected chi connectivity index (χ4v) is 2.49. The van der Waals surface area contributed by atoms with E-state index in [0.29, 0.717) is 10.9 Å². The molecule has 0 aromatic heterocycles. The second-order valence-electron chi connectivity index (χ2n) is 4.16. The lowest BCUT2D eigenvalue weighted by Gasteiger charge is -2.24. The van der Waals surface area contributed by atoms with Crippen LogP contribution in [0.2, 0.25) is 5.02 Å². The fraction of sp³-hybridized carbons (Fsp3) is 0.500. The molecule has 2 rings (SSSR count). The number of hydrogen-bond acceptors (Lipinski definition) is 2. The van der Waals surface area contributed by atoms with E-state index in [1.165, 1.54) is 0 Å². The summed E-state index contributed by atoms with van der Waals surface area (Å²) in [5.74, 6) is 0.734. The standard InChI is InChI=1S/C12H16ClNO/c1-8-2-3-10(11(13)12(8)15)9-4-6-14-7-5-9/h2-3,9,14-15H,4-7H2,1H3. The first kappa shape index (κ1) is 10.8. The Morgan fingerprint density at radius 1 is 1.33 bits per heavy atom. The SMILES string of the molecule is Cc1ccc(C2CCNCC2)c(Cl)c1O. The number of rotatable bonds is 1. The average molecular weight is 226 g/mol. The highest BCUT2D eigenvalue weighted by Crippen LogP contribution is 2.37. The zero-order chi connectivity index (χ0) is 10.8. The summed E-state index contributed by atoms with van der Waals surface area (Å²) in [5, 5.41) is 13.6. The van der Waals surface area contributed by atoms with Crippen molar-refractivity contribution < 1.29 is 5.11 Å². The van der Waals surface area contributed by atoms with E-state index in [1.807, 2.05) is 19.1 Å². The highest BCUT2D eigenvalue weighted by Gasteiger charge is 2.19. The minimum atomic E-state index is 0.243. The summed E-state index contributed by atoms with van der Waals surface area (Å²) < 4.78 is 0. The lowest BCUT2D eigenvalue weighted by molar-refractivity contribution is 0.450. The Hall–Kier alpha value is -0.730. The zero-order valence-corrected chi connectivity index (χ0v) is 9.64. The van der Waals surface area contributed by atoms with Crippen LogP contribution in [0.3, 0.4) is 0 Å². The number of aryl methyl sites for hydroxylation is 1. The molecule has 0 atom stereocenters. The maximum Gasteiger partial charge on any atom is 0.137 e. The molecule has 2 N–H and O–H groups in total. The van der Waals surface area contributed by atoms with Gasteiger partial charge in [-0.2, -0.15) is 0 Å². The van der Waals surface area contributed by atoms with Crippen LogP contribution in [0.15, 0.2) is 12.1 Å². The number of phenols is 1. The molecule has 1 aromatic carbocycles. The maximum atomic E-state index is 9.77. The van der Waals surface area contributed by atoms with Crippen molar-refractivity contribution in [3.8, 4) is 5.75 Å². The van der Waals surface area contributed by atoms with Gasteiger partial charge in [-0.25, -0.2) is 0 Å². The molecule has 2 nitrogen and oxygen atoms in total. The Balaban J connectivity index is 2.31. The van der Waals surface area contributed by atoms with E-state index >= 15 is 0 Å². The number of benzene rings is 1. The molecule has 1 saturated heterocycles. The summed E-state index contributed by atoms with van der Waals surface area (Å²) >= 11 is 6.16. The molecular weight excluding hydrogens is 210 g/mol. The maximum absolute atomic E-state index is 9.77. The predicted molar refractivity (Wildman–Crippen MR) is 62.7 cm³/mol. The summed E-state index contributed by atoms with van der Waals surface area (Å²) in [6.45, 7) is 3.94. The van der Waals surface area contributed by atoms with Crippen LogP contribution in [0.25, 0.3) is 0 Å². The minimum absolute atomic E-state index is 0.243. The van der Waals surface area contributed by atoms with Crippen molar-refractivity contribution in [2.75, 3.05) is 13.1 Å². The first-order valence-corrected chi connectivity index (χ1v) is 5.76. The predicted octanol–water partition coefficient (Wildman–Crippen LogP) is 2.82. The zero-order valence-electron chi connectivity index (χ0n) is 8.89. The van der Waals surface area contributed by atoms with Crippen molar-refractivity contribution in [3.63, 3.8) is 0 Å². The minimum Gasteiger partial charge on any atom is -0.506 e. The lowest BCUT2D eigenvalue weighted by atomic mass is 9.89. The Kier molecular flexibility index (Phi) is 3.17. The molecule has 1 heterocycles. The molecule has 3 heteroatoms. The Labute approximate surface area is 95.3 Å². The van der Waals surface area contributed by atoms with E-state index in [9.17, 15) is 5.11 Å². The van der Waals surface area contributed by atoms with Gasteiger partial charge >= 0.3 is 0 Å². The van der Waals surface area contributed by atoms with Gasteiger partial charge in [0.15, 0.2) is 0 Å². The first-order chi connectivity index (χ1) is 7.20. The van der Waals surface area contributed by atoms with Gasteiger partial charge in [0.2, 0.25) is 0 Å². The average Bonchev–Trinajstić information content (AvgIpc) is 2.27. The van der Waals surface area contributed by atoms with Gasteiger partial charge in [-0.05, 0) is 49.9 Å². The number of hydrogen-bond donors (Lipinski definition) is 2. The van der Waals surface area contributed by atoms with Gasteiger partial charge in [0.1, 0.15) is 5.75 Å². The van der Waals surface area contributed by atoms with E-state index in [-0.39, 0.29) is 5.75 Å². The van der Waals surface area contributed by atoms with Crippen molar-refractivity contribution in [1.29, 1.82) is 0 Å². The van der Waals surface area contributed by atoms with Crippen LogP contribution in [-0.4, -0.2) is 18.2 Å². The summed E-state index contributed by atoms with van der Waals surface area (Å²) in [6.07, 6.45) is 2.20. The van der Waals surface area contributed by atoms with Gasteiger partial charge in [-0.15, -0.1) is 0 Å². The van der Waals surface area contributed by atoms with Crippen molar-refractivity contribution in [3.05, 3.63) is 28.3 Å². The molecule has 1 aliphatic rings. The highest BCUT2D eigenvalue weighted by molar-refractivity contribution is 6.33. The Bertz CT molecular complexity index is 359. The Morgan fingerprint density at radius 3 is 2.67 bits per heavy atom. The molecular formula is C12H16ClNO. The summed E-state index contributed by atoms with van der Waals surface area (Å²) in [4.78, 5) is 0. The van der Waals surface area contributed by atoms with Gasteiger partial charge in [-0.3, -0.25) is 0 Å². The normalized spacial score (nSPS) is 18.0. The summed E-state index contributed by atoms with van der Waals surface area (Å²) in [6, 6.07) is 3.99. The van der Waals surface area contributed by atoms with Crippen LogP contribution in [0.4, 0.5) is 0 Å². The van der Waals surface area contributed by atoms with Crippen molar-refractivity contribution in [1.82, 2.24) is 5.32 Å². The first-order valence-electron chi connectivity index (χ1n) is 5.39. The van der Waals surface area contributed by atoms with Gasteiger partial charge in [0.05, 0.1) is 5.02 Å². The van der Waals surface area contributed by atoms with E-state index in [4.69, 9.17) is 11.6 Å². The van der Waals surface area contributed by atoms with E-state index in [0.717, 1.165) is 37.1 Å². The molecule has 0 radical (unpaired) electrons. The van der Waals surface area contributed by atoms with Crippen LogP contribution in [0.5, 0.6) is 5.75 Å². The van der Waals surface area contributed by atoms with Crippen molar-refractivity contribution >= 4 is 11.6 Å². The van der Waals surface area contributed by atoms with Crippen LogP contribution >= 0.6 is 11.6 Å². The van der Waals surface area contributed by atoms with E-state index in [1.54, 1.807) is 0 Å². The van der Waals surface area contributed by atoms with Crippen molar-refractivity contribution in [2.24, 2.45) is 0 Å². The second kappa shape index (κ2) is 4.42. The van der Waals surface area contributed by atoms with Crippen LogP contribution in [0, 0.1) is 6.92 Å². The van der Waals surface area contributed by atoms with Crippen LogP contribution in [-0.2, 0) is 0 Å². The molecule has 0 saturated carbocycles. The topological polar surface area (TPSA) is 32.3 Å².